The lowest BCUT2D eigenvalue weighted by atomic mass is 9.68. The summed E-state index contributed by atoms with van der Waals surface area (Å²) < 4.78 is 0. The van der Waals surface area contributed by atoms with E-state index in [1.54, 1.807) is 0 Å². The Balaban J connectivity index is 1.05. The first-order chi connectivity index (χ1) is 33.8. The Hall–Kier alpha value is -8.78. The molecule has 318 valence electrons. The number of rotatable bonds is 7. The quantitative estimate of drug-likeness (QED) is 0.154. The van der Waals surface area contributed by atoms with Gasteiger partial charge in [0.05, 0.1) is 11.1 Å². The van der Waals surface area contributed by atoms with Gasteiger partial charge in [-0.1, -0.05) is 243 Å². The highest BCUT2D eigenvalue weighted by molar-refractivity contribution is 6.05. The third-order valence-corrected chi connectivity index (χ3v) is 14.4. The molecule has 11 aromatic rings. The summed E-state index contributed by atoms with van der Waals surface area (Å²) in [5.41, 5.74) is 24.9. The Kier molecular flexibility index (Phi) is 9.47. The molecule has 0 aromatic heterocycles. The van der Waals surface area contributed by atoms with Gasteiger partial charge in [0.2, 0.25) is 0 Å². The second kappa shape index (κ2) is 16.3. The van der Waals surface area contributed by atoms with E-state index in [2.05, 4.69) is 278 Å². The average Bonchev–Trinajstić information content (AvgIpc) is 3.73. The number of nitrogens with zero attached hydrogens (tertiary/aromatic N) is 1. The fourth-order valence-corrected chi connectivity index (χ4v) is 11.4. The van der Waals surface area contributed by atoms with Crippen LogP contribution in [-0.4, -0.2) is 0 Å². The minimum Gasteiger partial charge on any atom is -0.310 e. The zero-order valence-electron chi connectivity index (χ0n) is 37.4. The first kappa shape index (κ1) is 39.6. The lowest BCUT2D eigenvalue weighted by Crippen LogP contribution is -2.28. The monoisotopic (exact) mass is 863 g/mol. The summed E-state index contributed by atoms with van der Waals surface area (Å²) in [6.45, 7) is 0. The van der Waals surface area contributed by atoms with Gasteiger partial charge < -0.3 is 4.90 Å². The van der Waals surface area contributed by atoms with Gasteiger partial charge in [-0.2, -0.15) is 0 Å². The van der Waals surface area contributed by atoms with Crippen molar-refractivity contribution in [3.05, 3.63) is 295 Å². The summed E-state index contributed by atoms with van der Waals surface area (Å²) in [4.78, 5) is 2.51. The lowest BCUT2D eigenvalue weighted by Gasteiger charge is -2.34. The third-order valence-electron chi connectivity index (χ3n) is 14.4. The van der Waals surface area contributed by atoms with Crippen molar-refractivity contribution >= 4 is 17.1 Å². The Labute approximate surface area is 398 Å². The molecule has 0 heterocycles. The second-order valence-electron chi connectivity index (χ2n) is 17.9. The molecule has 1 nitrogen and oxygen atoms in total. The van der Waals surface area contributed by atoms with E-state index in [9.17, 15) is 0 Å². The first-order valence-electron chi connectivity index (χ1n) is 23.6. The highest BCUT2D eigenvalue weighted by Crippen LogP contribution is 2.60. The third kappa shape index (κ3) is 6.24. The predicted octanol–water partition coefficient (Wildman–Crippen LogP) is 17.8. The molecule has 0 atom stereocenters. The first-order valence-corrected chi connectivity index (χ1v) is 23.6. The van der Waals surface area contributed by atoms with Gasteiger partial charge in [0.25, 0.3) is 0 Å². The van der Waals surface area contributed by atoms with Crippen molar-refractivity contribution in [1.82, 2.24) is 0 Å². The molecule has 1 heteroatoms. The summed E-state index contributed by atoms with van der Waals surface area (Å²) in [7, 11) is 0. The van der Waals surface area contributed by atoms with Gasteiger partial charge in [0.1, 0.15) is 0 Å². The Morgan fingerprint density at radius 3 is 1.12 bits per heavy atom. The molecule has 0 N–H and O–H groups in total. The van der Waals surface area contributed by atoms with Gasteiger partial charge in [-0.3, -0.25) is 0 Å². The van der Waals surface area contributed by atoms with Crippen LogP contribution in [0.3, 0.4) is 0 Å². The molecule has 0 saturated heterocycles. The summed E-state index contributed by atoms with van der Waals surface area (Å²) in [6.07, 6.45) is 0. The highest BCUT2D eigenvalue weighted by Gasteiger charge is 2.47. The van der Waals surface area contributed by atoms with E-state index >= 15 is 0 Å². The fourth-order valence-electron chi connectivity index (χ4n) is 11.4. The second-order valence-corrected chi connectivity index (χ2v) is 17.9. The van der Waals surface area contributed by atoms with E-state index in [1.165, 1.54) is 100 Å². The number of benzene rings is 11. The van der Waals surface area contributed by atoms with Crippen LogP contribution in [0.15, 0.2) is 273 Å². The van der Waals surface area contributed by atoms with Crippen LogP contribution in [-0.2, 0) is 5.41 Å². The standard InChI is InChI=1S/C67H45N/c1-4-19-46(20-5-1)47-35-37-48(38-36-47)49-39-41-52(42-40-49)68(53-43-44-60-58-29-13-12-27-56(58)54-25-10-11-26-55(54)57-28-14-15-30-59(57)62(60)45-53)65-34-18-33-64-66(65)61-31-16-17-32-63(61)67(64,50-21-6-2-7-22-50)51-23-8-3-9-24-51/h1-45H. The molecule has 2 aliphatic carbocycles. The van der Waals surface area contributed by atoms with E-state index in [-0.39, 0.29) is 0 Å². The minimum absolute atomic E-state index is 0.534. The van der Waals surface area contributed by atoms with Crippen molar-refractivity contribution in [3.8, 4) is 77.9 Å². The van der Waals surface area contributed by atoms with Gasteiger partial charge in [0, 0.05) is 16.9 Å². The van der Waals surface area contributed by atoms with E-state index in [0.717, 1.165) is 17.1 Å². The summed E-state index contributed by atoms with van der Waals surface area (Å²) in [5, 5.41) is 0. The summed E-state index contributed by atoms with van der Waals surface area (Å²) >= 11 is 0. The maximum absolute atomic E-state index is 2.51. The van der Waals surface area contributed by atoms with Crippen molar-refractivity contribution < 1.29 is 0 Å². The molecule has 11 aromatic carbocycles. The van der Waals surface area contributed by atoms with Crippen LogP contribution in [0.5, 0.6) is 0 Å². The van der Waals surface area contributed by atoms with Gasteiger partial charge in [-0.05, 0) is 125 Å². The Morgan fingerprint density at radius 1 is 0.235 bits per heavy atom. The van der Waals surface area contributed by atoms with Crippen LogP contribution in [0.4, 0.5) is 17.1 Å². The van der Waals surface area contributed by atoms with Gasteiger partial charge in [-0.15, -0.1) is 0 Å². The number of fused-ring (bicyclic) bond motifs is 11. The van der Waals surface area contributed by atoms with Gasteiger partial charge >= 0.3 is 0 Å². The summed E-state index contributed by atoms with van der Waals surface area (Å²) in [5.74, 6) is 0. The molecule has 13 rings (SSSR count). The molecule has 0 amide bonds. The van der Waals surface area contributed by atoms with Crippen LogP contribution in [0.1, 0.15) is 22.3 Å². The molecule has 0 bridgehead atoms. The molecule has 0 spiro atoms. The molecular formula is C67H45N. The van der Waals surface area contributed by atoms with Crippen molar-refractivity contribution in [2.24, 2.45) is 0 Å². The number of hydrogen-bond donors (Lipinski definition) is 0. The van der Waals surface area contributed by atoms with E-state index in [1.807, 2.05) is 0 Å². The molecule has 0 unspecified atom stereocenters. The van der Waals surface area contributed by atoms with E-state index in [4.69, 9.17) is 0 Å². The Morgan fingerprint density at radius 2 is 0.603 bits per heavy atom. The largest absolute Gasteiger partial charge is 0.310 e. The van der Waals surface area contributed by atoms with Crippen molar-refractivity contribution in [3.63, 3.8) is 0 Å². The number of hydrogen-bond acceptors (Lipinski definition) is 1. The molecule has 2 aliphatic rings. The van der Waals surface area contributed by atoms with E-state index < -0.39 is 5.41 Å². The smallest absolute Gasteiger partial charge is 0.0714 e. The summed E-state index contributed by atoms with van der Waals surface area (Å²) in [6, 6.07) is 101. The molecule has 68 heavy (non-hydrogen) atoms. The van der Waals surface area contributed by atoms with Crippen LogP contribution < -0.4 is 4.90 Å². The van der Waals surface area contributed by atoms with Gasteiger partial charge in [-0.25, -0.2) is 0 Å². The van der Waals surface area contributed by atoms with Gasteiger partial charge in [0.15, 0.2) is 0 Å². The zero-order valence-corrected chi connectivity index (χ0v) is 37.4. The Bertz CT molecular complexity index is 3600. The van der Waals surface area contributed by atoms with E-state index in [0.29, 0.717) is 0 Å². The topological polar surface area (TPSA) is 3.24 Å². The molecule has 0 radical (unpaired) electrons. The van der Waals surface area contributed by atoms with Crippen LogP contribution >= 0.6 is 0 Å². The maximum atomic E-state index is 2.51. The molecule has 0 fully saturated rings. The van der Waals surface area contributed by atoms with Crippen molar-refractivity contribution in [1.29, 1.82) is 0 Å². The van der Waals surface area contributed by atoms with Crippen LogP contribution in [0.2, 0.25) is 0 Å². The molecule has 0 aliphatic heterocycles. The zero-order chi connectivity index (χ0) is 45.0. The fraction of sp³-hybridized carbons (Fsp3) is 0.0149. The highest BCUT2D eigenvalue weighted by atomic mass is 15.1. The average molecular weight is 864 g/mol. The molecular weight excluding hydrogens is 819 g/mol. The molecule has 0 saturated carbocycles. The van der Waals surface area contributed by atoms with Crippen LogP contribution in [0, 0.1) is 0 Å². The van der Waals surface area contributed by atoms with Crippen molar-refractivity contribution in [2.45, 2.75) is 5.41 Å². The normalized spacial score (nSPS) is 12.5. The minimum atomic E-state index is -0.534. The number of anilines is 3. The van der Waals surface area contributed by atoms with Crippen molar-refractivity contribution in [2.75, 3.05) is 4.90 Å². The SMILES string of the molecule is c1ccc(-c2ccc(-c3ccc(N(c4ccc5c(c4)-c4ccccc4-c4ccccc4-c4ccccc4-5)c4cccc5c4-c4ccccc4C5(c4ccccc4)c4ccccc4)cc3)cc2)cc1. The predicted molar refractivity (Wildman–Crippen MR) is 285 cm³/mol. The van der Waals surface area contributed by atoms with Crippen LogP contribution in [0.25, 0.3) is 77.9 Å². The maximum Gasteiger partial charge on any atom is 0.0714 e. The lowest BCUT2D eigenvalue weighted by molar-refractivity contribution is 0.768.